The molecular formula is C22H18O6. The number of ether oxygens (including phenoxy) is 2. The van der Waals surface area contributed by atoms with Crippen molar-refractivity contribution in [1.82, 2.24) is 0 Å². The molecule has 142 valence electrons. The molecule has 28 heavy (non-hydrogen) atoms. The molecule has 0 amide bonds. The highest BCUT2D eigenvalue weighted by molar-refractivity contribution is 5.92. The van der Waals surface area contributed by atoms with Gasteiger partial charge in [-0.15, -0.1) is 0 Å². The normalized spacial score (nSPS) is 10.3. The molecule has 6 nitrogen and oxygen atoms in total. The van der Waals surface area contributed by atoms with Gasteiger partial charge >= 0.3 is 11.9 Å². The molecule has 0 aliphatic heterocycles. The third-order valence-electron chi connectivity index (χ3n) is 4.01. The molecule has 0 aromatic heterocycles. The number of esters is 2. The molecule has 3 rings (SSSR count). The third kappa shape index (κ3) is 4.67. The maximum absolute atomic E-state index is 12.0. The second kappa shape index (κ2) is 8.73. The van der Waals surface area contributed by atoms with Crippen LogP contribution in [0.15, 0.2) is 72.8 Å². The number of rotatable bonds is 6. The molecule has 6 heteroatoms. The van der Waals surface area contributed by atoms with Crippen molar-refractivity contribution in [1.29, 1.82) is 0 Å². The number of hydrogen-bond donors (Lipinski definition) is 2. The minimum Gasteiger partial charge on any atom is -0.507 e. The maximum Gasteiger partial charge on any atom is 0.342 e. The average Bonchev–Trinajstić information content (AvgIpc) is 2.71. The van der Waals surface area contributed by atoms with Crippen LogP contribution in [0, 0.1) is 0 Å². The number of carbonyl (C=O) groups is 2. The van der Waals surface area contributed by atoms with E-state index in [1.807, 2.05) is 0 Å². The highest BCUT2D eigenvalue weighted by Crippen LogP contribution is 2.19. The van der Waals surface area contributed by atoms with Crippen LogP contribution in [0.4, 0.5) is 0 Å². The van der Waals surface area contributed by atoms with Crippen molar-refractivity contribution in [3.8, 4) is 11.5 Å². The van der Waals surface area contributed by atoms with Gasteiger partial charge in [-0.25, -0.2) is 9.59 Å². The van der Waals surface area contributed by atoms with Crippen LogP contribution in [0.2, 0.25) is 0 Å². The molecule has 0 aliphatic carbocycles. The number of benzene rings is 3. The number of para-hydroxylation sites is 2. The minimum absolute atomic E-state index is 0.0467. The fourth-order valence-corrected chi connectivity index (χ4v) is 2.48. The Morgan fingerprint density at radius 3 is 1.32 bits per heavy atom. The number of aromatic hydroxyl groups is 2. The van der Waals surface area contributed by atoms with Crippen LogP contribution in [-0.4, -0.2) is 22.2 Å². The lowest BCUT2D eigenvalue weighted by atomic mass is 10.1. The molecule has 0 unspecified atom stereocenters. The Hall–Kier alpha value is -3.80. The Balaban J connectivity index is 1.52. The monoisotopic (exact) mass is 378 g/mol. The van der Waals surface area contributed by atoms with Crippen molar-refractivity contribution in [2.45, 2.75) is 13.2 Å². The Kier molecular flexibility index (Phi) is 5.91. The van der Waals surface area contributed by atoms with E-state index in [0.717, 1.165) is 11.1 Å². The van der Waals surface area contributed by atoms with Gasteiger partial charge in [0.2, 0.25) is 0 Å². The van der Waals surface area contributed by atoms with Crippen LogP contribution in [0.25, 0.3) is 0 Å². The van der Waals surface area contributed by atoms with E-state index in [4.69, 9.17) is 9.47 Å². The zero-order chi connectivity index (χ0) is 19.9. The van der Waals surface area contributed by atoms with E-state index in [1.165, 1.54) is 24.3 Å². The molecule has 0 aliphatic rings. The zero-order valence-corrected chi connectivity index (χ0v) is 14.9. The molecule has 0 fully saturated rings. The first-order chi connectivity index (χ1) is 13.5. The van der Waals surface area contributed by atoms with Gasteiger partial charge in [0.15, 0.2) is 0 Å². The van der Waals surface area contributed by atoms with Crippen LogP contribution in [-0.2, 0) is 22.7 Å². The Bertz CT molecular complexity index is 898. The van der Waals surface area contributed by atoms with Gasteiger partial charge in [-0.1, -0.05) is 48.5 Å². The van der Waals surface area contributed by atoms with Crippen molar-refractivity contribution in [2.24, 2.45) is 0 Å². The van der Waals surface area contributed by atoms with Crippen LogP contribution in [0.5, 0.6) is 11.5 Å². The second-order valence-electron chi connectivity index (χ2n) is 6.00. The molecule has 0 radical (unpaired) electrons. The summed E-state index contributed by atoms with van der Waals surface area (Å²) in [7, 11) is 0. The fraction of sp³-hybridized carbons (Fsp3) is 0.0909. The molecule has 0 heterocycles. The highest BCUT2D eigenvalue weighted by atomic mass is 16.5. The van der Waals surface area contributed by atoms with Crippen molar-refractivity contribution in [3.63, 3.8) is 0 Å². The molecule has 3 aromatic rings. The summed E-state index contributed by atoms with van der Waals surface area (Å²) in [5, 5.41) is 19.3. The molecule has 2 N–H and O–H groups in total. The van der Waals surface area contributed by atoms with E-state index in [9.17, 15) is 19.8 Å². The van der Waals surface area contributed by atoms with Crippen LogP contribution < -0.4 is 0 Å². The zero-order valence-electron chi connectivity index (χ0n) is 14.9. The Morgan fingerprint density at radius 2 is 0.964 bits per heavy atom. The van der Waals surface area contributed by atoms with E-state index in [-0.39, 0.29) is 35.8 Å². The first kappa shape index (κ1) is 19.0. The summed E-state index contributed by atoms with van der Waals surface area (Å²) in [5.74, 6) is -1.49. The van der Waals surface area contributed by atoms with Gasteiger partial charge in [-0.2, -0.15) is 0 Å². The summed E-state index contributed by atoms with van der Waals surface area (Å²) in [6.07, 6.45) is 0. The predicted octanol–water partition coefficient (Wildman–Crippen LogP) is 3.81. The van der Waals surface area contributed by atoms with Gasteiger partial charge in [0.25, 0.3) is 0 Å². The minimum atomic E-state index is -0.612. The lowest BCUT2D eigenvalue weighted by molar-refractivity contribution is 0.0456. The average molecular weight is 378 g/mol. The lowest BCUT2D eigenvalue weighted by Gasteiger charge is -2.08. The van der Waals surface area contributed by atoms with Crippen LogP contribution >= 0.6 is 0 Å². The Labute approximate surface area is 161 Å². The largest absolute Gasteiger partial charge is 0.507 e. The molecule has 3 aromatic carbocycles. The number of phenolic OH excluding ortho intramolecular Hbond substituents is 2. The summed E-state index contributed by atoms with van der Waals surface area (Å²) in [5.41, 5.74) is 1.71. The van der Waals surface area contributed by atoms with Gasteiger partial charge in [-0.3, -0.25) is 0 Å². The van der Waals surface area contributed by atoms with Crippen molar-refractivity contribution in [2.75, 3.05) is 0 Å². The topological polar surface area (TPSA) is 93.1 Å². The Morgan fingerprint density at radius 1 is 0.607 bits per heavy atom. The lowest BCUT2D eigenvalue weighted by Crippen LogP contribution is -2.06. The second-order valence-corrected chi connectivity index (χ2v) is 6.00. The van der Waals surface area contributed by atoms with Gasteiger partial charge in [0.1, 0.15) is 35.8 Å². The molecule has 0 saturated heterocycles. The first-order valence-electron chi connectivity index (χ1n) is 8.52. The van der Waals surface area contributed by atoms with Gasteiger partial charge < -0.3 is 19.7 Å². The summed E-state index contributed by atoms with van der Waals surface area (Å²) < 4.78 is 10.4. The van der Waals surface area contributed by atoms with E-state index in [0.29, 0.717) is 0 Å². The van der Waals surface area contributed by atoms with Crippen molar-refractivity contribution in [3.05, 3.63) is 95.1 Å². The van der Waals surface area contributed by atoms with E-state index in [2.05, 4.69) is 0 Å². The van der Waals surface area contributed by atoms with E-state index in [1.54, 1.807) is 48.5 Å². The highest BCUT2D eigenvalue weighted by Gasteiger charge is 2.13. The van der Waals surface area contributed by atoms with Crippen molar-refractivity contribution < 1.29 is 29.3 Å². The standard InChI is InChI=1S/C22H18O6/c23-19-7-3-1-5-17(19)21(25)27-13-15-9-11-16(12-10-15)14-28-22(26)18-6-2-4-8-20(18)24/h1-12,23-24H,13-14H2. The molecule has 0 spiro atoms. The van der Waals surface area contributed by atoms with E-state index < -0.39 is 11.9 Å². The SMILES string of the molecule is O=C(OCc1ccc(COC(=O)c2ccccc2O)cc1)c1ccccc1O. The fourth-order valence-electron chi connectivity index (χ4n) is 2.48. The van der Waals surface area contributed by atoms with E-state index >= 15 is 0 Å². The quantitative estimate of drug-likeness (QED) is 0.634. The number of hydrogen-bond acceptors (Lipinski definition) is 6. The van der Waals surface area contributed by atoms with Crippen molar-refractivity contribution >= 4 is 11.9 Å². The summed E-state index contributed by atoms with van der Waals surface area (Å²) in [4.78, 5) is 24.0. The van der Waals surface area contributed by atoms with Gasteiger partial charge in [-0.05, 0) is 35.4 Å². The summed E-state index contributed by atoms with van der Waals surface area (Å²) in [6.45, 7) is 0.0935. The number of phenols is 2. The van der Waals surface area contributed by atoms with Crippen LogP contribution in [0.3, 0.4) is 0 Å². The van der Waals surface area contributed by atoms with Crippen LogP contribution in [0.1, 0.15) is 31.8 Å². The van der Waals surface area contributed by atoms with Gasteiger partial charge in [0.05, 0.1) is 0 Å². The van der Waals surface area contributed by atoms with Gasteiger partial charge in [0, 0.05) is 0 Å². The predicted molar refractivity (Wildman–Crippen MR) is 101 cm³/mol. The maximum atomic E-state index is 12.0. The smallest absolute Gasteiger partial charge is 0.342 e. The number of carbonyl (C=O) groups excluding carboxylic acids is 2. The third-order valence-corrected chi connectivity index (χ3v) is 4.01. The summed E-state index contributed by atoms with van der Waals surface area (Å²) >= 11 is 0. The molecular weight excluding hydrogens is 360 g/mol. The molecule has 0 bridgehead atoms. The molecule has 0 atom stereocenters. The first-order valence-corrected chi connectivity index (χ1v) is 8.52. The molecule has 0 saturated carbocycles. The summed E-state index contributed by atoms with van der Waals surface area (Å²) in [6, 6.07) is 19.3.